The molecule has 0 bridgehead atoms. The maximum Gasteiger partial charge on any atom is 0.188 e. The molecule has 128 valence electrons. The lowest BCUT2D eigenvalue weighted by Crippen LogP contribution is -1.95. The molecule has 0 saturated carbocycles. The maximum atomic E-state index is 11.5. The number of aryl methyl sites for hydroxylation is 2. The molecule has 5 heteroatoms. The molecule has 0 aliphatic carbocycles. The summed E-state index contributed by atoms with van der Waals surface area (Å²) in [6.07, 6.45) is 0. The van der Waals surface area contributed by atoms with Gasteiger partial charge < -0.3 is 10.1 Å². The zero-order valence-electron chi connectivity index (χ0n) is 14.5. The molecule has 25 heavy (non-hydrogen) atoms. The number of carbonyl (C=O) groups excluding carboxylic acids is 1. The Bertz CT molecular complexity index is 868. The fourth-order valence-electron chi connectivity index (χ4n) is 2.39. The number of rotatable bonds is 6. The minimum Gasteiger partial charge on any atom is -0.489 e. The molecule has 1 heterocycles. The molecule has 0 aliphatic heterocycles. The molecule has 0 atom stereocenters. The third-order valence-corrected chi connectivity index (χ3v) is 4.92. The van der Waals surface area contributed by atoms with Crippen LogP contribution in [0.25, 0.3) is 0 Å². The summed E-state index contributed by atoms with van der Waals surface area (Å²) in [6.45, 7) is 6.02. The van der Waals surface area contributed by atoms with Gasteiger partial charge in [-0.1, -0.05) is 41.2 Å². The van der Waals surface area contributed by atoms with E-state index in [-0.39, 0.29) is 5.78 Å². The Morgan fingerprint density at radius 2 is 1.76 bits per heavy atom. The fourth-order valence-corrected chi connectivity index (χ4v) is 3.27. The maximum absolute atomic E-state index is 11.5. The summed E-state index contributed by atoms with van der Waals surface area (Å²) in [5.41, 5.74) is 4.05. The van der Waals surface area contributed by atoms with Gasteiger partial charge in [-0.05, 0) is 43.7 Å². The number of carbonyl (C=O) groups is 1. The van der Waals surface area contributed by atoms with Gasteiger partial charge in [-0.3, -0.25) is 4.79 Å². The van der Waals surface area contributed by atoms with E-state index >= 15 is 0 Å². The van der Waals surface area contributed by atoms with Crippen LogP contribution in [0.5, 0.6) is 5.75 Å². The Hall–Kier alpha value is -2.66. The number of benzene rings is 2. The van der Waals surface area contributed by atoms with Crippen molar-refractivity contribution in [2.24, 2.45) is 0 Å². The molecule has 0 spiro atoms. The third kappa shape index (κ3) is 4.45. The van der Waals surface area contributed by atoms with Crippen molar-refractivity contribution in [3.8, 4) is 5.75 Å². The molecule has 1 aromatic heterocycles. The highest BCUT2D eigenvalue weighted by molar-refractivity contribution is 7.17. The van der Waals surface area contributed by atoms with Gasteiger partial charge in [-0.15, -0.1) is 0 Å². The van der Waals surface area contributed by atoms with Gasteiger partial charge in [-0.2, -0.15) is 0 Å². The van der Waals surface area contributed by atoms with Crippen LogP contribution in [0.2, 0.25) is 0 Å². The van der Waals surface area contributed by atoms with E-state index in [9.17, 15) is 4.79 Å². The lowest BCUT2D eigenvalue weighted by atomic mass is 10.2. The second-order valence-electron chi connectivity index (χ2n) is 5.91. The molecule has 4 nitrogen and oxygen atoms in total. The van der Waals surface area contributed by atoms with Crippen LogP contribution in [-0.2, 0) is 6.61 Å². The summed E-state index contributed by atoms with van der Waals surface area (Å²) in [5.74, 6) is 0.855. The molecule has 1 N–H and O–H groups in total. The molecule has 0 amide bonds. The van der Waals surface area contributed by atoms with Crippen LogP contribution >= 0.6 is 11.3 Å². The Kier molecular flexibility index (Phi) is 5.14. The van der Waals surface area contributed by atoms with Gasteiger partial charge in [0.1, 0.15) is 12.4 Å². The molecule has 0 radical (unpaired) electrons. The first-order valence-electron chi connectivity index (χ1n) is 8.05. The SMILES string of the molecule is CC(=O)c1sc(Nc2ccc(OCc3ccc(C)cc3)cc2)nc1C. The summed E-state index contributed by atoms with van der Waals surface area (Å²) >= 11 is 1.37. The number of aromatic nitrogens is 1. The van der Waals surface area contributed by atoms with E-state index in [1.54, 1.807) is 6.92 Å². The molecule has 0 saturated heterocycles. The normalized spacial score (nSPS) is 10.5. The van der Waals surface area contributed by atoms with Crippen LogP contribution in [0.3, 0.4) is 0 Å². The van der Waals surface area contributed by atoms with Crippen LogP contribution in [-0.4, -0.2) is 10.8 Å². The van der Waals surface area contributed by atoms with Crippen molar-refractivity contribution in [1.29, 1.82) is 0 Å². The second kappa shape index (κ2) is 7.49. The average Bonchev–Trinajstić information content (AvgIpc) is 2.96. The van der Waals surface area contributed by atoms with Gasteiger partial charge in [-0.25, -0.2) is 4.98 Å². The summed E-state index contributed by atoms with van der Waals surface area (Å²) in [5, 5.41) is 3.95. The molecule has 0 aliphatic rings. The standard InChI is InChI=1S/C20H20N2O2S/c1-13-4-6-16(7-5-13)12-24-18-10-8-17(9-11-18)22-20-21-14(2)19(25-20)15(3)23/h4-11H,12H2,1-3H3,(H,21,22). The van der Waals surface area contributed by atoms with E-state index in [1.165, 1.54) is 16.9 Å². The van der Waals surface area contributed by atoms with Crippen LogP contribution in [0.15, 0.2) is 48.5 Å². The minimum atomic E-state index is 0.0444. The van der Waals surface area contributed by atoms with E-state index in [1.807, 2.05) is 31.2 Å². The number of hydrogen-bond donors (Lipinski definition) is 1. The molecule has 0 fully saturated rings. The van der Waals surface area contributed by atoms with Gasteiger partial charge in [0, 0.05) is 12.6 Å². The van der Waals surface area contributed by atoms with E-state index < -0.39 is 0 Å². The fraction of sp³-hybridized carbons (Fsp3) is 0.200. The first-order chi connectivity index (χ1) is 12.0. The first-order valence-corrected chi connectivity index (χ1v) is 8.87. The monoisotopic (exact) mass is 352 g/mol. The molecule has 2 aromatic carbocycles. The Balaban J connectivity index is 1.61. The molecular weight excluding hydrogens is 332 g/mol. The predicted octanol–water partition coefficient (Wildman–Crippen LogP) is 5.29. The van der Waals surface area contributed by atoms with Crippen LogP contribution in [0.4, 0.5) is 10.8 Å². The Morgan fingerprint density at radius 3 is 2.36 bits per heavy atom. The highest BCUT2D eigenvalue weighted by atomic mass is 32.1. The summed E-state index contributed by atoms with van der Waals surface area (Å²) in [4.78, 5) is 16.6. The van der Waals surface area contributed by atoms with Gasteiger partial charge in [0.05, 0.1) is 10.6 Å². The average molecular weight is 352 g/mol. The van der Waals surface area contributed by atoms with Gasteiger partial charge in [0.15, 0.2) is 10.9 Å². The number of ether oxygens (including phenoxy) is 1. The number of thiazole rings is 1. The summed E-state index contributed by atoms with van der Waals surface area (Å²) in [6, 6.07) is 16.0. The number of Topliss-reactive ketones (excluding diaryl/α,β-unsaturated/α-hetero) is 1. The molecule has 3 aromatic rings. The van der Waals surface area contributed by atoms with Gasteiger partial charge in [0.2, 0.25) is 0 Å². The predicted molar refractivity (Wildman–Crippen MR) is 102 cm³/mol. The number of ketones is 1. The van der Waals surface area contributed by atoms with Crippen molar-refractivity contribution in [3.63, 3.8) is 0 Å². The second-order valence-corrected chi connectivity index (χ2v) is 6.91. The highest BCUT2D eigenvalue weighted by Crippen LogP contribution is 2.27. The molecule has 3 rings (SSSR count). The summed E-state index contributed by atoms with van der Waals surface area (Å²) in [7, 11) is 0. The zero-order chi connectivity index (χ0) is 17.8. The topological polar surface area (TPSA) is 51.2 Å². The van der Waals surface area contributed by atoms with Crippen molar-refractivity contribution in [3.05, 3.63) is 70.2 Å². The van der Waals surface area contributed by atoms with E-state index in [2.05, 4.69) is 41.5 Å². The Labute approximate surface area is 151 Å². The number of nitrogens with zero attached hydrogens (tertiary/aromatic N) is 1. The number of nitrogens with one attached hydrogen (secondary N) is 1. The van der Waals surface area contributed by atoms with E-state index in [4.69, 9.17) is 4.74 Å². The highest BCUT2D eigenvalue weighted by Gasteiger charge is 2.11. The summed E-state index contributed by atoms with van der Waals surface area (Å²) < 4.78 is 5.81. The van der Waals surface area contributed by atoms with Crippen LogP contribution in [0, 0.1) is 13.8 Å². The molecule has 0 unspecified atom stereocenters. The van der Waals surface area contributed by atoms with E-state index in [0.29, 0.717) is 11.5 Å². The minimum absolute atomic E-state index is 0.0444. The van der Waals surface area contributed by atoms with Gasteiger partial charge >= 0.3 is 0 Å². The van der Waals surface area contributed by atoms with Crippen LogP contribution < -0.4 is 10.1 Å². The first kappa shape index (κ1) is 17.2. The van der Waals surface area contributed by atoms with Crippen molar-refractivity contribution in [2.45, 2.75) is 27.4 Å². The van der Waals surface area contributed by atoms with Crippen LogP contribution in [0.1, 0.15) is 33.4 Å². The van der Waals surface area contributed by atoms with Gasteiger partial charge in [0.25, 0.3) is 0 Å². The number of anilines is 2. The quantitative estimate of drug-likeness (QED) is 0.613. The number of hydrogen-bond acceptors (Lipinski definition) is 5. The van der Waals surface area contributed by atoms with Crippen molar-refractivity contribution in [1.82, 2.24) is 4.98 Å². The van der Waals surface area contributed by atoms with Crippen molar-refractivity contribution < 1.29 is 9.53 Å². The zero-order valence-corrected chi connectivity index (χ0v) is 15.3. The Morgan fingerprint density at radius 1 is 1.08 bits per heavy atom. The largest absolute Gasteiger partial charge is 0.489 e. The lowest BCUT2D eigenvalue weighted by molar-refractivity contribution is 0.102. The van der Waals surface area contributed by atoms with Crippen molar-refractivity contribution in [2.75, 3.05) is 5.32 Å². The molecular formula is C20H20N2O2S. The van der Waals surface area contributed by atoms with E-state index in [0.717, 1.165) is 27.8 Å². The lowest BCUT2D eigenvalue weighted by Gasteiger charge is -2.08. The van der Waals surface area contributed by atoms with Crippen molar-refractivity contribution >= 4 is 27.9 Å². The third-order valence-electron chi connectivity index (χ3n) is 3.75. The smallest absolute Gasteiger partial charge is 0.188 e.